The number of aliphatic hydroxyl groups excluding tert-OH is 1. The van der Waals surface area contributed by atoms with Crippen molar-refractivity contribution in [3.05, 3.63) is 116 Å². The highest BCUT2D eigenvalue weighted by Crippen LogP contribution is 2.65. The number of benzene rings is 3. The van der Waals surface area contributed by atoms with Crippen LogP contribution < -0.4 is 14.5 Å². The molecule has 2 unspecified atom stereocenters. The molecule has 3 aromatic carbocycles. The predicted octanol–water partition coefficient (Wildman–Crippen LogP) is 5.32. The minimum Gasteiger partial charge on any atom is -0.497 e. The number of methoxy groups -OCH3 is 1. The molecule has 0 aliphatic carbocycles. The van der Waals surface area contributed by atoms with E-state index in [-0.39, 0.29) is 30.8 Å². The zero-order chi connectivity index (χ0) is 34.1. The summed E-state index contributed by atoms with van der Waals surface area (Å²) in [5.74, 6) is -2.14. The maximum Gasteiger partial charge on any atom is 0.253 e. The first kappa shape index (κ1) is 33.2. The monoisotopic (exact) mass is 649 g/mol. The maximum atomic E-state index is 15.1. The van der Waals surface area contributed by atoms with E-state index in [4.69, 9.17) is 9.47 Å². The van der Waals surface area contributed by atoms with Crippen molar-refractivity contribution in [3.63, 3.8) is 0 Å². The summed E-state index contributed by atoms with van der Waals surface area (Å²) in [6, 6.07) is 23.7. The van der Waals surface area contributed by atoms with E-state index >= 15 is 9.59 Å². The lowest BCUT2D eigenvalue weighted by molar-refractivity contribution is -0.149. The van der Waals surface area contributed by atoms with Crippen molar-refractivity contribution in [2.75, 3.05) is 36.6 Å². The fraction of sp³-hybridized carbons (Fsp3) is 0.359. The van der Waals surface area contributed by atoms with Crippen molar-refractivity contribution < 1.29 is 29.0 Å². The predicted molar refractivity (Wildman–Crippen MR) is 184 cm³/mol. The van der Waals surface area contributed by atoms with E-state index in [0.29, 0.717) is 42.0 Å². The second-order valence-electron chi connectivity index (χ2n) is 12.7. The summed E-state index contributed by atoms with van der Waals surface area (Å²) in [5, 5.41) is 10.9. The SMILES string of the molecule is C=CCN(C(=O)C1N([C@H](CO)c2ccccc2)C(=O)[C@@H]2[C@@H](C(=O)N(CC=C)c3ccccc3)[C@@]3(CC)CCC12O3)c1ccc(OC)cc1. The van der Waals surface area contributed by atoms with Crippen LogP contribution in [0.4, 0.5) is 11.4 Å². The van der Waals surface area contributed by atoms with Gasteiger partial charge in [0.05, 0.1) is 37.2 Å². The number of fused-ring (bicyclic) bond motifs is 1. The highest BCUT2D eigenvalue weighted by atomic mass is 16.5. The van der Waals surface area contributed by atoms with E-state index in [1.54, 1.807) is 53.3 Å². The minimum atomic E-state index is -1.30. The van der Waals surface area contributed by atoms with Crippen LogP contribution in [0.25, 0.3) is 0 Å². The molecule has 3 aliphatic rings. The van der Waals surface area contributed by atoms with Gasteiger partial charge in [0.1, 0.15) is 17.4 Å². The van der Waals surface area contributed by atoms with Gasteiger partial charge in [-0.3, -0.25) is 14.4 Å². The van der Waals surface area contributed by atoms with Gasteiger partial charge in [0.25, 0.3) is 5.91 Å². The molecule has 0 saturated carbocycles. The van der Waals surface area contributed by atoms with Crippen LogP contribution in [0.3, 0.4) is 0 Å². The Hall–Kier alpha value is -4.73. The molecule has 0 radical (unpaired) electrons. The van der Waals surface area contributed by atoms with Crippen molar-refractivity contribution >= 4 is 29.1 Å². The average molecular weight is 650 g/mol. The van der Waals surface area contributed by atoms with Crippen molar-refractivity contribution in [2.24, 2.45) is 11.8 Å². The van der Waals surface area contributed by atoms with Crippen molar-refractivity contribution in [1.29, 1.82) is 0 Å². The number of carbonyl (C=O) groups is 3. The smallest absolute Gasteiger partial charge is 0.253 e. The van der Waals surface area contributed by atoms with Crippen LogP contribution in [-0.2, 0) is 19.1 Å². The van der Waals surface area contributed by atoms with Gasteiger partial charge in [0.15, 0.2) is 0 Å². The number of amides is 3. The normalized spacial score (nSPS) is 26.1. The van der Waals surface area contributed by atoms with Gasteiger partial charge < -0.3 is 29.3 Å². The highest BCUT2D eigenvalue weighted by Gasteiger charge is 2.79. The number of nitrogens with zero attached hydrogens (tertiary/aromatic N) is 3. The summed E-state index contributed by atoms with van der Waals surface area (Å²) in [5.41, 5.74) is -0.271. The van der Waals surface area contributed by atoms with Crippen molar-refractivity contribution in [2.45, 2.75) is 49.5 Å². The third kappa shape index (κ3) is 5.22. The van der Waals surface area contributed by atoms with Crippen LogP contribution in [0.15, 0.2) is 110 Å². The number of hydrogen-bond acceptors (Lipinski definition) is 6. The van der Waals surface area contributed by atoms with Crippen LogP contribution in [0, 0.1) is 11.8 Å². The first-order chi connectivity index (χ1) is 23.3. The van der Waals surface area contributed by atoms with Gasteiger partial charge in [-0.1, -0.05) is 67.6 Å². The van der Waals surface area contributed by atoms with Gasteiger partial charge in [-0.05, 0) is 61.2 Å². The first-order valence-corrected chi connectivity index (χ1v) is 16.5. The largest absolute Gasteiger partial charge is 0.497 e. The molecule has 2 bridgehead atoms. The lowest BCUT2D eigenvalue weighted by Crippen LogP contribution is -2.57. The zero-order valence-corrected chi connectivity index (χ0v) is 27.5. The van der Waals surface area contributed by atoms with E-state index in [1.165, 1.54) is 4.90 Å². The number of ether oxygens (including phenoxy) is 2. The molecule has 48 heavy (non-hydrogen) atoms. The molecular weight excluding hydrogens is 606 g/mol. The molecule has 3 amide bonds. The van der Waals surface area contributed by atoms with Gasteiger partial charge in [-0.2, -0.15) is 0 Å². The Morgan fingerprint density at radius 3 is 2.08 bits per heavy atom. The van der Waals surface area contributed by atoms with Gasteiger partial charge in [-0.15, -0.1) is 13.2 Å². The fourth-order valence-corrected chi connectivity index (χ4v) is 8.26. The van der Waals surface area contributed by atoms with Crippen molar-refractivity contribution in [1.82, 2.24) is 4.90 Å². The second kappa shape index (κ2) is 13.4. The summed E-state index contributed by atoms with van der Waals surface area (Å²) >= 11 is 0. The molecule has 3 heterocycles. The van der Waals surface area contributed by atoms with Gasteiger partial charge in [0.2, 0.25) is 11.8 Å². The van der Waals surface area contributed by atoms with E-state index in [1.807, 2.05) is 67.6 Å². The van der Waals surface area contributed by atoms with E-state index < -0.39 is 41.7 Å². The Bertz CT molecular complexity index is 1660. The lowest BCUT2D eigenvalue weighted by Gasteiger charge is -2.39. The average Bonchev–Trinajstić information content (AvgIpc) is 3.74. The molecule has 3 saturated heterocycles. The Morgan fingerprint density at radius 2 is 1.52 bits per heavy atom. The second-order valence-corrected chi connectivity index (χ2v) is 12.7. The quantitative estimate of drug-likeness (QED) is 0.252. The maximum absolute atomic E-state index is 15.1. The van der Waals surface area contributed by atoms with E-state index in [9.17, 15) is 9.90 Å². The lowest BCUT2D eigenvalue weighted by atomic mass is 9.64. The Labute approximate surface area is 282 Å². The number of para-hydroxylation sites is 1. The van der Waals surface area contributed by atoms with Gasteiger partial charge >= 0.3 is 0 Å². The van der Waals surface area contributed by atoms with E-state index in [0.717, 1.165) is 0 Å². The fourth-order valence-electron chi connectivity index (χ4n) is 8.26. The zero-order valence-electron chi connectivity index (χ0n) is 27.5. The Morgan fingerprint density at radius 1 is 0.938 bits per heavy atom. The molecule has 6 atom stereocenters. The summed E-state index contributed by atoms with van der Waals surface area (Å²) in [6.07, 6.45) is 4.72. The topological polar surface area (TPSA) is 99.6 Å². The molecule has 1 spiro atoms. The number of likely N-dealkylation sites (tertiary alicyclic amines) is 1. The summed E-state index contributed by atoms with van der Waals surface area (Å²) in [6.45, 7) is 9.77. The molecule has 9 heteroatoms. The molecule has 0 aromatic heterocycles. The standard InChI is InChI=1S/C39H43N3O6/c1-5-24-40(28-16-12-9-13-17-28)35(44)32-33-36(45)42(31(26-43)27-14-10-8-11-15-27)34(39(33)23-22-38(32,7-3)48-39)37(46)41(25-6-2)29-18-20-30(47-4)21-19-29/h5-6,8-21,31-34,43H,1-2,7,22-26H2,3-4H3/t31-,32+,33+,34?,38-,39?/m1/s1. The van der Waals surface area contributed by atoms with E-state index in [2.05, 4.69) is 13.2 Å². The minimum absolute atomic E-state index is 0.169. The summed E-state index contributed by atoms with van der Waals surface area (Å²) in [7, 11) is 1.57. The molecule has 250 valence electrons. The Balaban J connectivity index is 1.51. The third-order valence-corrected chi connectivity index (χ3v) is 10.4. The molecule has 1 N–H and O–H groups in total. The molecular formula is C39H43N3O6. The third-order valence-electron chi connectivity index (χ3n) is 10.4. The first-order valence-electron chi connectivity index (χ1n) is 16.5. The van der Waals surface area contributed by atoms with Crippen LogP contribution in [0.5, 0.6) is 5.75 Å². The van der Waals surface area contributed by atoms with Gasteiger partial charge in [0, 0.05) is 24.5 Å². The highest BCUT2D eigenvalue weighted by molar-refractivity contribution is 6.07. The molecule has 9 nitrogen and oxygen atoms in total. The number of hydrogen-bond donors (Lipinski definition) is 1. The van der Waals surface area contributed by atoms with Crippen LogP contribution in [0.1, 0.15) is 37.8 Å². The Kier molecular flexibility index (Phi) is 9.27. The number of anilines is 2. The van der Waals surface area contributed by atoms with Crippen LogP contribution >= 0.6 is 0 Å². The van der Waals surface area contributed by atoms with Crippen LogP contribution in [-0.4, -0.2) is 71.8 Å². The van der Waals surface area contributed by atoms with Gasteiger partial charge in [-0.25, -0.2) is 0 Å². The summed E-state index contributed by atoms with van der Waals surface area (Å²) in [4.78, 5) is 49.8. The summed E-state index contributed by atoms with van der Waals surface area (Å²) < 4.78 is 12.4. The van der Waals surface area contributed by atoms with Crippen molar-refractivity contribution in [3.8, 4) is 5.75 Å². The number of carbonyl (C=O) groups excluding carboxylic acids is 3. The number of rotatable bonds is 13. The number of aliphatic hydroxyl groups is 1. The molecule has 6 rings (SSSR count). The molecule has 3 aromatic rings. The van der Waals surface area contributed by atoms with Crippen LogP contribution in [0.2, 0.25) is 0 Å². The molecule has 3 fully saturated rings. The molecule has 3 aliphatic heterocycles.